The number of rotatable bonds is 4. The highest BCUT2D eigenvalue weighted by Gasteiger charge is 2.31. The molecule has 0 atom stereocenters. The van der Waals surface area contributed by atoms with E-state index in [1.807, 2.05) is 0 Å². The van der Waals surface area contributed by atoms with E-state index in [0.29, 0.717) is 0 Å². The maximum Gasteiger partial charge on any atom is 0.0782 e. The summed E-state index contributed by atoms with van der Waals surface area (Å²) < 4.78 is 0. The Hall–Kier alpha value is -1.39. The first-order valence-corrected chi connectivity index (χ1v) is 15.1. The molecule has 0 amide bonds. The van der Waals surface area contributed by atoms with E-state index in [0.717, 1.165) is 0 Å². The van der Waals surface area contributed by atoms with Gasteiger partial charge in [0, 0.05) is 0 Å². The highest BCUT2D eigenvalue weighted by molar-refractivity contribution is 7.04. The van der Waals surface area contributed by atoms with E-state index < -0.39 is 16.1 Å². The van der Waals surface area contributed by atoms with Crippen molar-refractivity contribution in [3.63, 3.8) is 0 Å². The van der Waals surface area contributed by atoms with Crippen molar-refractivity contribution in [1.29, 1.82) is 0 Å². The van der Waals surface area contributed by atoms with E-state index in [2.05, 4.69) is 99.9 Å². The van der Waals surface area contributed by atoms with Crippen molar-refractivity contribution in [3.05, 3.63) is 71.8 Å². The summed E-state index contributed by atoms with van der Waals surface area (Å²) in [5.41, 5.74) is 2.84. The molecule has 0 fully saturated rings. The van der Waals surface area contributed by atoms with Crippen molar-refractivity contribution in [2.24, 2.45) is 0 Å². The molecule has 0 aliphatic carbocycles. The average molecular weight is 325 g/mol. The molecule has 0 spiro atoms. The van der Waals surface area contributed by atoms with Gasteiger partial charge >= 0.3 is 0 Å². The summed E-state index contributed by atoms with van der Waals surface area (Å²) >= 11 is 0. The Morgan fingerprint density at radius 1 is 0.500 bits per heavy atom. The largest absolute Gasteiger partial charge is 0.0782 e. The maximum atomic E-state index is 2.47. The van der Waals surface area contributed by atoms with Crippen LogP contribution in [0.3, 0.4) is 0 Å². The van der Waals surface area contributed by atoms with Crippen LogP contribution in [0.2, 0.25) is 39.3 Å². The zero-order valence-electron chi connectivity index (χ0n) is 14.8. The molecule has 0 aromatic heterocycles. The summed E-state index contributed by atoms with van der Waals surface area (Å²) in [6.45, 7) is 14.8. The normalized spacial score (nSPS) is 13.7. The molecule has 0 unspecified atom stereocenters. The van der Waals surface area contributed by atoms with Crippen LogP contribution in [0.15, 0.2) is 60.7 Å². The smallest absolute Gasteiger partial charge is 0.0656 e. The standard InChI is InChI=1S/C20H28Si2/c1-21(2,3)19(17-13-9-7-10-14-17)20(22(4,5)6)18-15-11-8-12-16-18/h7-16H,1-6H3. The first kappa shape index (κ1) is 17.0. The molecule has 2 aromatic carbocycles. The van der Waals surface area contributed by atoms with Crippen LogP contribution < -0.4 is 0 Å². The molecule has 22 heavy (non-hydrogen) atoms. The molecule has 2 aromatic rings. The lowest BCUT2D eigenvalue weighted by Gasteiger charge is -2.32. The van der Waals surface area contributed by atoms with Gasteiger partial charge in [0.2, 0.25) is 0 Å². The van der Waals surface area contributed by atoms with Gasteiger partial charge in [-0.15, -0.1) is 0 Å². The van der Waals surface area contributed by atoms with Crippen LogP contribution in [0.25, 0.3) is 10.4 Å². The minimum atomic E-state index is -1.47. The van der Waals surface area contributed by atoms with E-state index >= 15 is 0 Å². The average Bonchev–Trinajstić information content (AvgIpc) is 2.44. The first-order valence-electron chi connectivity index (χ1n) is 8.07. The Morgan fingerprint density at radius 2 is 0.773 bits per heavy atom. The first-order chi connectivity index (χ1) is 10.2. The maximum absolute atomic E-state index is 2.47. The molecule has 2 rings (SSSR count). The van der Waals surface area contributed by atoms with Crippen molar-refractivity contribution in [3.8, 4) is 0 Å². The fourth-order valence-electron chi connectivity index (χ4n) is 3.11. The second-order valence-electron chi connectivity index (χ2n) is 7.98. The highest BCUT2D eigenvalue weighted by Crippen LogP contribution is 2.38. The molecule has 0 nitrogen and oxygen atoms in total. The van der Waals surface area contributed by atoms with Gasteiger partial charge in [-0.3, -0.25) is 0 Å². The summed E-state index contributed by atoms with van der Waals surface area (Å²) in [6, 6.07) is 22.1. The van der Waals surface area contributed by atoms with Gasteiger partial charge in [-0.2, -0.15) is 0 Å². The van der Waals surface area contributed by atoms with Crippen molar-refractivity contribution in [2.75, 3.05) is 0 Å². The van der Waals surface area contributed by atoms with Gasteiger partial charge in [0.05, 0.1) is 16.1 Å². The van der Waals surface area contributed by atoms with Crippen molar-refractivity contribution in [2.45, 2.75) is 39.3 Å². The Bertz CT molecular complexity index is 582. The van der Waals surface area contributed by atoms with Crippen LogP contribution in [0.5, 0.6) is 0 Å². The lowest BCUT2D eigenvalue weighted by Crippen LogP contribution is -2.32. The summed E-state index contributed by atoms with van der Waals surface area (Å²) in [7, 11) is -2.94. The van der Waals surface area contributed by atoms with Crippen LogP contribution in [-0.4, -0.2) is 16.1 Å². The summed E-state index contributed by atoms with van der Waals surface area (Å²) in [6.07, 6.45) is 0. The number of hydrogen-bond acceptors (Lipinski definition) is 0. The second kappa shape index (κ2) is 6.39. The van der Waals surface area contributed by atoms with Crippen LogP contribution >= 0.6 is 0 Å². The minimum absolute atomic E-state index is 1.42. The molecule has 0 saturated carbocycles. The number of hydrogen-bond donors (Lipinski definition) is 0. The van der Waals surface area contributed by atoms with E-state index in [9.17, 15) is 0 Å². The predicted octanol–water partition coefficient (Wildman–Crippen LogP) is 6.35. The molecule has 0 saturated heterocycles. The zero-order chi connectivity index (χ0) is 16.4. The van der Waals surface area contributed by atoms with Crippen molar-refractivity contribution < 1.29 is 0 Å². The fraction of sp³-hybridized carbons (Fsp3) is 0.300. The van der Waals surface area contributed by atoms with Crippen LogP contribution in [0.1, 0.15) is 11.1 Å². The van der Waals surface area contributed by atoms with Crippen LogP contribution in [0, 0.1) is 0 Å². The molecule has 116 valence electrons. The van der Waals surface area contributed by atoms with Gasteiger partial charge in [-0.05, 0) is 11.1 Å². The molecule has 0 bridgehead atoms. The van der Waals surface area contributed by atoms with Gasteiger partial charge < -0.3 is 0 Å². The molecule has 0 heterocycles. The molecular formula is C20H28Si2. The quantitative estimate of drug-likeness (QED) is 0.454. The molecular weight excluding hydrogens is 296 g/mol. The van der Waals surface area contributed by atoms with E-state index in [1.165, 1.54) is 11.1 Å². The second-order valence-corrected chi connectivity index (χ2v) is 18.0. The molecule has 2 heteroatoms. The molecule has 0 N–H and O–H groups in total. The summed E-state index contributed by atoms with van der Waals surface area (Å²) in [4.78, 5) is 0. The minimum Gasteiger partial charge on any atom is -0.0656 e. The van der Waals surface area contributed by atoms with Crippen LogP contribution in [-0.2, 0) is 0 Å². The van der Waals surface area contributed by atoms with Gasteiger partial charge in [0.1, 0.15) is 0 Å². The Kier molecular flexibility index (Phi) is 4.93. The van der Waals surface area contributed by atoms with Gasteiger partial charge in [-0.1, -0.05) is 110 Å². The highest BCUT2D eigenvalue weighted by atomic mass is 28.3. The zero-order valence-corrected chi connectivity index (χ0v) is 16.8. The Balaban J connectivity index is 2.84. The fourth-order valence-corrected chi connectivity index (χ4v) is 9.22. The van der Waals surface area contributed by atoms with Crippen molar-refractivity contribution >= 4 is 26.5 Å². The SMILES string of the molecule is C[Si](C)(C)C(=C(c1ccccc1)[Si](C)(C)C)c1ccccc1. The Morgan fingerprint density at radius 3 is 1.00 bits per heavy atom. The molecule has 0 aliphatic rings. The third-order valence-electron chi connectivity index (χ3n) is 3.87. The summed E-state index contributed by atoms with van der Waals surface area (Å²) in [5, 5.41) is 3.27. The third-order valence-corrected chi connectivity index (χ3v) is 8.20. The molecule has 0 radical (unpaired) electrons. The lowest BCUT2D eigenvalue weighted by molar-refractivity contribution is 1.58. The van der Waals surface area contributed by atoms with Crippen LogP contribution in [0.4, 0.5) is 0 Å². The van der Waals surface area contributed by atoms with E-state index in [1.54, 1.807) is 10.4 Å². The monoisotopic (exact) mass is 324 g/mol. The van der Waals surface area contributed by atoms with E-state index in [-0.39, 0.29) is 0 Å². The summed E-state index contributed by atoms with van der Waals surface area (Å²) in [5.74, 6) is 0. The van der Waals surface area contributed by atoms with Gasteiger partial charge in [0.25, 0.3) is 0 Å². The van der Waals surface area contributed by atoms with E-state index in [4.69, 9.17) is 0 Å². The lowest BCUT2D eigenvalue weighted by atomic mass is 10.1. The topological polar surface area (TPSA) is 0 Å². The van der Waals surface area contributed by atoms with Gasteiger partial charge in [0.15, 0.2) is 0 Å². The predicted molar refractivity (Wildman–Crippen MR) is 106 cm³/mol. The third kappa shape index (κ3) is 3.87. The van der Waals surface area contributed by atoms with Crippen molar-refractivity contribution in [1.82, 2.24) is 0 Å². The van der Waals surface area contributed by atoms with Gasteiger partial charge in [-0.25, -0.2) is 0 Å². The molecule has 0 aliphatic heterocycles. The number of benzene rings is 2. The Labute approximate surface area is 137 Å².